The van der Waals surface area contributed by atoms with E-state index < -0.39 is 10.0 Å². The van der Waals surface area contributed by atoms with Crippen molar-refractivity contribution in [1.82, 2.24) is 9.62 Å². The van der Waals surface area contributed by atoms with Gasteiger partial charge in [-0.1, -0.05) is 30.2 Å². The first-order valence-corrected chi connectivity index (χ1v) is 8.30. The van der Waals surface area contributed by atoms with Crippen LogP contribution in [0, 0.1) is 0 Å². The Morgan fingerprint density at radius 3 is 2.79 bits per heavy atom. The SMILES string of the molecule is CNCC1CCCCN1S(=O)(=O)c1ccccc1Cl. The zero-order valence-electron chi connectivity index (χ0n) is 11.0. The third kappa shape index (κ3) is 3.11. The third-order valence-corrected chi connectivity index (χ3v) is 5.89. The van der Waals surface area contributed by atoms with Crippen LogP contribution < -0.4 is 5.32 Å². The van der Waals surface area contributed by atoms with Crippen LogP contribution in [-0.2, 0) is 10.0 Å². The highest BCUT2D eigenvalue weighted by atomic mass is 35.5. The topological polar surface area (TPSA) is 49.4 Å². The monoisotopic (exact) mass is 302 g/mol. The van der Waals surface area contributed by atoms with E-state index in [0.29, 0.717) is 13.1 Å². The smallest absolute Gasteiger partial charge is 0.244 e. The summed E-state index contributed by atoms with van der Waals surface area (Å²) < 4.78 is 27.0. The number of hydrogen-bond donors (Lipinski definition) is 1. The zero-order chi connectivity index (χ0) is 13.9. The minimum atomic E-state index is -3.50. The second-order valence-electron chi connectivity index (χ2n) is 4.75. The molecule has 6 heteroatoms. The number of benzene rings is 1. The number of piperidine rings is 1. The highest BCUT2D eigenvalue weighted by molar-refractivity contribution is 7.89. The van der Waals surface area contributed by atoms with Crippen LogP contribution >= 0.6 is 11.6 Å². The van der Waals surface area contributed by atoms with Gasteiger partial charge in [0.1, 0.15) is 4.90 Å². The summed E-state index contributed by atoms with van der Waals surface area (Å²) >= 11 is 6.03. The van der Waals surface area contributed by atoms with E-state index in [1.54, 1.807) is 28.6 Å². The lowest BCUT2D eigenvalue weighted by atomic mass is 10.1. The van der Waals surface area contributed by atoms with Crippen molar-refractivity contribution >= 4 is 21.6 Å². The molecule has 1 saturated heterocycles. The standard InChI is InChI=1S/C13H19ClN2O2S/c1-15-10-11-6-4-5-9-16(11)19(17,18)13-8-3-2-7-12(13)14/h2-3,7-8,11,15H,4-6,9-10H2,1H3. The largest absolute Gasteiger partial charge is 0.318 e. The quantitative estimate of drug-likeness (QED) is 0.926. The maximum atomic E-state index is 12.7. The van der Waals surface area contributed by atoms with Gasteiger partial charge in [-0.2, -0.15) is 4.31 Å². The highest BCUT2D eigenvalue weighted by Crippen LogP contribution is 2.29. The van der Waals surface area contributed by atoms with Crippen LogP contribution in [0.4, 0.5) is 0 Å². The fraction of sp³-hybridized carbons (Fsp3) is 0.538. The van der Waals surface area contributed by atoms with Gasteiger partial charge >= 0.3 is 0 Å². The Kier molecular flexibility index (Phi) is 4.84. The number of hydrogen-bond acceptors (Lipinski definition) is 3. The first kappa shape index (κ1) is 14.8. The summed E-state index contributed by atoms with van der Waals surface area (Å²) in [5.74, 6) is 0. The van der Waals surface area contributed by atoms with Crippen molar-refractivity contribution in [2.45, 2.75) is 30.2 Å². The molecule has 1 aliphatic heterocycles. The summed E-state index contributed by atoms with van der Waals surface area (Å²) in [4.78, 5) is 0.208. The summed E-state index contributed by atoms with van der Waals surface area (Å²) in [5.41, 5.74) is 0. The maximum absolute atomic E-state index is 12.7. The van der Waals surface area contributed by atoms with Crippen molar-refractivity contribution in [3.05, 3.63) is 29.3 Å². The van der Waals surface area contributed by atoms with Gasteiger partial charge in [0, 0.05) is 19.1 Å². The predicted molar refractivity (Wildman–Crippen MR) is 76.9 cm³/mol. The molecule has 1 aliphatic rings. The fourth-order valence-corrected chi connectivity index (χ4v) is 4.70. The van der Waals surface area contributed by atoms with Gasteiger partial charge in [0.25, 0.3) is 0 Å². The van der Waals surface area contributed by atoms with E-state index >= 15 is 0 Å². The van der Waals surface area contributed by atoms with E-state index in [1.165, 1.54) is 0 Å². The first-order valence-electron chi connectivity index (χ1n) is 6.48. The maximum Gasteiger partial charge on any atom is 0.244 e. The van der Waals surface area contributed by atoms with E-state index in [9.17, 15) is 8.42 Å². The number of likely N-dealkylation sites (N-methyl/N-ethyl adjacent to an activating group) is 1. The van der Waals surface area contributed by atoms with Gasteiger partial charge in [0.2, 0.25) is 10.0 Å². The van der Waals surface area contributed by atoms with Crippen LogP contribution in [0.15, 0.2) is 29.2 Å². The second kappa shape index (κ2) is 6.22. The molecule has 1 unspecified atom stereocenters. The Bertz CT molecular complexity index is 531. The molecule has 1 aromatic carbocycles. The van der Waals surface area contributed by atoms with Crippen LogP contribution in [0.25, 0.3) is 0 Å². The van der Waals surface area contributed by atoms with E-state index in [2.05, 4.69) is 5.32 Å². The number of sulfonamides is 1. The zero-order valence-corrected chi connectivity index (χ0v) is 12.5. The lowest BCUT2D eigenvalue weighted by Gasteiger charge is -2.34. The molecule has 0 aliphatic carbocycles. The molecule has 106 valence electrons. The van der Waals surface area contributed by atoms with Crippen molar-refractivity contribution in [1.29, 1.82) is 0 Å². The molecule has 0 amide bonds. The summed E-state index contributed by atoms with van der Waals surface area (Å²) in [6.07, 6.45) is 2.87. The molecule has 0 bridgehead atoms. The van der Waals surface area contributed by atoms with E-state index in [4.69, 9.17) is 11.6 Å². The Labute approximate surface area is 119 Å². The fourth-order valence-electron chi connectivity index (χ4n) is 2.51. The molecule has 2 rings (SSSR count). The summed E-state index contributed by atoms with van der Waals surface area (Å²) in [7, 11) is -1.66. The third-order valence-electron chi connectivity index (χ3n) is 3.44. The molecule has 1 heterocycles. The molecule has 0 saturated carbocycles. The molecule has 1 fully saturated rings. The van der Waals surface area contributed by atoms with Gasteiger partial charge in [0.05, 0.1) is 5.02 Å². The predicted octanol–water partition coefficient (Wildman–Crippen LogP) is 2.10. The van der Waals surface area contributed by atoms with E-state index in [0.717, 1.165) is 19.3 Å². The van der Waals surface area contributed by atoms with Crippen LogP contribution in [0.2, 0.25) is 5.02 Å². The molecular formula is C13H19ClN2O2S. The van der Waals surface area contributed by atoms with Crippen molar-refractivity contribution < 1.29 is 8.42 Å². The van der Waals surface area contributed by atoms with Gasteiger partial charge in [-0.3, -0.25) is 0 Å². The average molecular weight is 303 g/mol. The van der Waals surface area contributed by atoms with Crippen molar-refractivity contribution in [2.24, 2.45) is 0 Å². The van der Waals surface area contributed by atoms with Crippen molar-refractivity contribution in [3.8, 4) is 0 Å². The molecule has 0 aromatic heterocycles. The molecule has 4 nitrogen and oxygen atoms in total. The normalized spacial score (nSPS) is 21.5. The average Bonchev–Trinajstić information content (AvgIpc) is 2.40. The van der Waals surface area contributed by atoms with Crippen LogP contribution in [0.3, 0.4) is 0 Å². The first-order chi connectivity index (χ1) is 9.07. The van der Waals surface area contributed by atoms with E-state index in [1.807, 2.05) is 7.05 Å². The van der Waals surface area contributed by atoms with Crippen LogP contribution in [0.5, 0.6) is 0 Å². The number of nitrogens with one attached hydrogen (secondary N) is 1. The van der Waals surface area contributed by atoms with Crippen LogP contribution in [0.1, 0.15) is 19.3 Å². The Hall–Kier alpha value is -0.620. The second-order valence-corrected chi connectivity index (χ2v) is 7.02. The Balaban J connectivity index is 2.35. The molecule has 1 N–H and O–H groups in total. The molecule has 0 spiro atoms. The van der Waals surface area contributed by atoms with Crippen molar-refractivity contribution in [2.75, 3.05) is 20.1 Å². The Morgan fingerprint density at radius 2 is 2.11 bits per heavy atom. The van der Waals surface area contributed by atoms with Crippen LogP contribution in [-0.4, -0.2) is 38.9 Å². The summed E-state index contributed by atoms with van der Waals surface area (Å²) in [6.45, 7) is 1.24. The van der Waals surface area contributed by atoms with Gasteiger partial charge in [-0.05, 0) is 32.0 Å². The minimum absolute atomic E-state index is 0.0139. The summed E-state index contributed by atoms with van der Waals surface area (Å²) in [5, 5.41) is 3.35. The summed E-state index contributed by atoms with van der Waals surface area (Å²) in [6, 6.07) is 6.65. The van der Waals surface area contributed by atoms with Gasteiger partial charge in [0.15, 0.2) is 0 Å². The lowest BCUT2D eigenvalue weighted by Crippen LogP contribution is -2.47. The lowest BCUT2D eigenvalue weighted by molar-refractivity contribution is 0.249. The minimum Gasteiger partial charge on any atom is -0.318 e. The van der Waals surface area contributed by atoms with Gasteiger partial charge < -0.3 is 5.32 Å². The number of rotatable bonds is 4. The Morgan fingerprint density at radius 1 is 1.37 bits per heavy atom. The van der Waals surface area contributed by atoms with E-state index in [-0.39, 0.29) is 16.0 Å². The molecular weight excluding hydrogens is 284 g/mol. The molecule has 1 aromatic rings. The van der Waals surface area contributed by atoms with Gasteiger partial charge in [-0.15, -0.1) is 0 Å². The number of nitrogens with zero attached hydrogens (tertiary/aromatic N) is 1. The molecule has 0 radical (unpaired) electrons. The van der Waals surface area contributed by atoms with Crippen molar-refractivity contribution in [3.63, 3.8) is 0 Å². The number of halogens is 1. The van der Waals surface area contributed by atoms with Gasteiger partial charge in [-0.25, -0.2) is 8.42 Å². The molecule has 1 atom stereocenters. The molecule has 19 heavy (non-hydrogen) atoms. The highest BCUT2D eigenvalue weighted by Gasteiger charge is 2.33.